The number of aromatic nitrogens is 1. The molecule has 0 amide bonds. The Bertz CT molecular complexity index is 2610. The third-order valence-corrected chi connectivity index (χ3v) is 9.42. The second-order valence-corrected chi connectivity index (χ2v) is 12.0. The summed E-state index contributed by atoms with van der Waals surface area (Å²) in [5.74, 6) is 0. The topological polar surface area (TPSA) is 12.9 Å². The number of rotatable bonds is 3. The first-order chi connectivity index (χ1) is 22.2. The van der Waals surface area contributed by atoms with Gasteiger partial charge in [0.15, 0.2) is 0 Å². The van der Waals surface area contributed by atoms with E-state index in [4.69, 9.17) is 4.98 Å². The van der Waals surface area contributed by atoms with E-state index in [1.807, 2.05) is 12.3 Å². The Kier molecular flexibility index (Phi) is 5.79. The molecule has 1 nitrogen and oxygen atoms in total. The van der Waals surface area contributed by atoms with Gasteiger partial charge in [0.2, 0.25) is 0 Å². The van der Waals surface area contributed by atoms with Crippen LogP contribution in [-0.2, 0) is 0 Å². The lowest BCUT2D eigenvalue weighted by atomic mass is 9.89. The zero-order valence-corrected chi connectivity index (χ0v) is 25.0. The molecule has 0 radical (unpaired) electrons. The summed E-state index contributed by atoms with van der Waals surface area (Å²) >= 11 is 0. The van der Waals surface area contributed by atoms with Crippen molar-refractivity contribution in [1.82, 2.24) is 4.98 Å². The molecule has 9 rings (SSSR count). The zero-order chi connectivity index (χ0) is 29.9. The highest BCUT2D eigenvalue weighted by Crippen LogP contribution is 2.40. The highest BCUT2D eigenvalue weighted by atomic mass is 14.7. The van der Waals surface area contributed by atoms with E-state index in [0.717, 1.165) is 5.69 Å². The van der Waals surface area contributed by atoms with Crippen LogP contribution in [0, 0.1) is 6.92 Å². The predicted octanol–water partition coefficient (Wildman–Crippen LogP) is 12.2. The van der Waals surface area contributed by atoms with E-state index in [-0.39, 0.29) is 0 Å². The minimum Gasteiger partial charge on any atom is -0.256 e. The molecule has 45 heavy (non-hydrogen) atoms. The van der Waals surface area contributed by atoms with Crippen molar-refractivity contribution in [2.24, 2.45) is 0 Å². The maximum absolute atomic E-state index is 4.73. The van der Waals surface area contributed by atoms with Crippen LogP contribution in [0.4, 0.5) is 0 Å². The van der Waals surface area contributed by atoms with E-state index in [1.54, 1.807) is 0 Å². The van der Waals surface area contributed by atoms with Gasteiger partial charge in [-0.1, -0.05) is 127 Å². The van der Waals surface area contributed by atoms with Crippen molar-refractivity contribution >= 4 is 53.9 Å². The van der Waals surface area contributed by atoms with Gasteiger partial charge >= 0.3 is 0 Å². The smallest absolute Gasteiger partial charge is 0.0737 e. The molecule has 0 aliphatic heterocycles. The highest BCUT2D eigenvalue weighted by molar-refractivity contribution is 6.21. The summed E-state index contributed by atoms with van der Waals surface area (Å²) in [5.41, 5.74) is 8.37. The first-order valence-corrected chi connectivity index (χ1v) is 15.5. The Morgan fingerprint density at radius 2 is 0.911 bits per heavy atom. The SMILES string of the molecule is Cc1cccnc1-c1ccc(-c2ccc3cc(-c4cc5c6ccccc6ccc5c5ccccc45)ccc3c2)c2ccccc12. The second kappa shape index (κ2) is 10.1. The first kappa shape index (κ1) is 25.7. The summed E-state index contributed by atoms with van der Waals surface area (Å²) < 4.78 is 0. The van der Waals surface area contributed by atoms with Gasteiger partial charge in [-0.25, -0.2) is 0 Å². The van der Waals surface area contributed by atoms with Crippen LogP contribution < -0.4 is 0 Å². The lowest BCUT2D eigenvalue weighted by Crippen LogP contribution is -1.91. The molecule has 0 saturated heterocycles. The molecule has 0 spiro atoms. The molecule has 1 heteroatoms. The summed E-state index contributed by atoms with van der Waals surface area (Å²) in [6.07, 6.45) is 1.88. The van der Waals surface area contributed by atoms with E-state index in [0.29, 0.717) is 0 Å². The number of benzene rings is 8. The number of hydrogen-bond donors (Lipinski definition) is 0. The average Bonchev–Trinajstić information content (AvgIpc) is 3.10. The van der Waals surface area contributed by atoms with Crippen LogP contribution in [0.5, 0.6) is 0 Å². The second-order valence-electron chi connectivity index (χ2n) is 12.0. The quantitative estimate of drug-likeness (QED) is 0.192. The normalized spacial score (nSPS) is 11.7. The van der Waals surface area contributed by atoms with Crippen molar-refractivity contribution in [2.75, 3.05) is 0 Å². The van der Waals surface area contributed by atoms with Gasteiger partial charge in [0.05, 0.1) is 5.69 Å². The van der Waals surface area contributed by atoms with E-state index in [1.165, 1.54) is 87.2 Å². The van der Waals surface area contributed by atoms with E-state index in [9.17, 15) is 0 Å². The Hall–Kier alpha value is -5.79. The number of hydrogen-bond acceptors (Lipinski definition) is 1. The van der Waals surface area contributed by atoms with E-state index in [2.05, 4.69) is 153 Å². The Balaban J connectivity index is 1.19. The number of pyridine rings is 1. The lowest BCUT2D eigenvalue weighted by Gasteiger charge is -2.15. The minimum atomic E-state index is 1.04. The van der Waals surface area contributed by atoms with Crippen molar-refractivity contribution < 1.29 is 0 Å². The maximum atomic E-state index is 4.73. The Morgan fingerprint density at radius 1 is 0.356 bits per heavy atom. The van der Waals surface area contributed by atoms with Crippen LogP contribution in [0.1, 0.15) is 5.56 Å². The molecule has 0 saturated carbocycles. The molecule has 1 aromatic heterocycles. The summed E-state index contributed by atoms with van der Waals surface area (Å²) in [4.78, 5) is 4.73. The molecular formula is C44H29N. The van der Waals surface area contributed by atoms with Gasteiger partial charge in [-0.3, -0.25) is 4.98 Å². The van der Waals surface area contributed by atoms with Crippen LogP contribution in [0.2, 0.25) is 0 Å². The van der Waals surface area contributed by atoms with Crippen molar-refractivity contribution in [3.8, 4) is 33.5 Å². The van der Waals surface area contributed by atoms with Crippen molar-refractivity contribution in [1.29, 1.82) is 0 Å². The van der Waals surface area contributed by atoms with Gasteiger partial charge < -0.3 is 0 Å². The largest absolute Gasteiger partial charge is 0.256 e. The molecule has 0 aliphatic carbocycles. The van der Waals surface area contributed by atoms with Crippen molar-refractivity contribution in [2.45, 2.75) is 6.92 Å². The van der Waals surface area contributed by atoms with Gasteiger partial charge in [0.25, 0.3) is 0 Å². The highest BCUT2D eigenvalue weighted by Gasteiger charge is 2.14. The fraction of sp³-hybridized carbons (Fsp3) is 0.0227. The molecular weight excluding hydrogens is 542 g/mol. The molecule has 1 heterocycles. The fourth-order valence-electron chi connectivity index (χ4n) is 7.21. The third kappa shape index (κ3) is 4.12. The number of fused-ring (bicyclic) bond motifs is 7. The van der Waals surface area contributed by atoms with Crippen LogP contribution in [0.3, 0.4) is 0 Å². The van der Waals surface area contributed by atoms with Gasteiger partial charge in [0, 0.05) is 11.8 Å². The number of nitrogens with zero attached hydrogens (tertiary/aromatic N) is 1. The molecule has 0 fully saturated rings. The van der Waals surface area contributed by atoms with Crippen molar-refractivity contribution in [3.63, 3.8) is 0 Å². The van der Waals surface area contributed by atoms with Gasteiger partial charge in [-0.2, -0.15) is 0 Å². The molecule has 210 valence electrons. The fourth-order valence-corrected chi connectivity index (χ4v) is 7.21. The summed E-state index contributed by atoms with van der Waals surface area (Å²) in [6, 6.07) is 55.5. The Labute approximate surface area is 262 Å². The van der Waals surface area contributed by atoms with Crippen LogP contribution in [0.15, 0.2) is 158 Å². The summed E-state index contributed by atoms with van der Waals surface area (Å²) in [7, 11) is 0. The van der Waals surface area contributed by atoms with E-state index < -0.39 is 0 Å². The summed E-state index contributed by atoms with van der Waals surface area (Å²) in [5, 5.41) is 12.7. The van der Waals surface area contributed by atoms with Gasteiger partial charge in [-0.15, -0.1) is 0 Å². The molecule has 0 N–H and O–H groups in total. The summed E-state index contributed by atoms with van der Waals surface area (Å²) in [6.45, 7) is 2.13. The van der Waals surface area contributed by atoms with E-state index >= 15 is 0 Å². The first-order valence-electron chi connectivity index (χ1n) is 15.5. The molecule has 9 aromatic rings. The predicted molar refractivity (Wildman–Crippen MR) is 193 cm³/mol. The Morgan fingerprint density at radius 3 is 1.64 bits per heavy atom. The lowest BCUT2D eigenvalue weighted by molar-refractivity contribution is 1.28. The van der Waals surface area contributed by atoms with Crippen LogP contribution >= 0.6 is 0 Å². The molecule has 8 aromatic carbocycles. The molecule has 0 unspecified atom stereocenters. The van der Waals surface area contributed by atoms with Crippen LogP contribution in [-0.4, -0.2) is 4.98 Å². The maximum Gasteiger partial charge on any atom is 0.0737 e. The monoisotopic (exact) mass is 571 g/mol. The van der Waals surface area contributed by atoms with Gasteiger partial charge in [-0.05, 0) is 113 Å². The van der Waals surface area contributed by atoms with Gasteiger partial charge in [0.1, 0.15) is 0 Å². The van der Waals surface area contributed by atoms with Crippen molar-refractivity contribution in [3.05, 3.63) is 163 Å². The zero-order valence-electron chi connectivity index (χ0n) is 25.0. The van der Waals surface area contributed by atoms with Crippen LogP contribution in [0.25, 0.3) is 87.4 Å². The molecule has 0 aliphatic rings. The third-order valence-electron chi connectivity index (χ3n) is 9.42. The minimum absolute atomic E-state index is 1.04. The molecule has 0 bridgehead atoms. The molecule has 0 atom stereocenters. The number of aryl methyl sites for hydroxylation is 1. The standard InChI is InChI=1S/C44H29N/c1-28-9-8-24-45-44(28)41-23-22-35(36-12-4-6-14-38(36)41)32-18-16-31-26-33(19-17-30(31)25-32)42-27-43-34-11-3-2-10-29(34)20-21-40(43)37-13-5-7-15-39(37)42/h2-27H,1H3. The average molecular weight is 572 g/mol.